The highest BCUT2D eigenvalue weighted by Gasteiger charge is 2.29. The Hall–Kier alpha value is -3.13. The normalized spacial score (nSPS) is 15.1. The topological polar surface area (TPSA) is 46.6 Å². The first-order chi connectivity index (χ1) is 15.0. The van der Waals surface area contributed by atoms with E-state index in [1.54, 1.807) is 26.1 Å². The van der Waals surface area contributed by atoms with Crippen LogP contribution in [0.3, 0.4) is 0 Å². The molecule has 0 radical (unpaired) electrons. The minimum absolute atomic E-state index is 0.122. The Morgan fingerprint density at radius 3 is 2.32 bits per heavy atom. The first kappa shape index (κ1) is 24.1. The SMILES string of the molecule is C#C.CC(=O)C1CCCCC1.CN1Cc2ccc(OCc3ccccc3)c(F)c2C1=O. The fraction of sp³-hybridized carbons (Fsp3) is 0.385. The zero-order chi connectivity index (χ0) is 22.8. The molecule has 0 N–H and O–H groups in total. The van der Waals surface area contributed by atoms with Crippen molar-refractivity contribution in [3.8, 4) is 18.6 Å². The van der Waals surface area contributed by atoms with E-state index in [1.165, 1.54) is 24.2 Å². The van der Waals surface area contributed by atoms with Gasteiger partial charge in [-0.25, -0.2) is 4.39 Å². The van der Waals surface area contributed by atoms with Gasteiger partial charge in [0, 0.05) is 19.5 Å². The molecule has 0 bridgehead atoms. The summed E-state index contributed by atoms with van der Waals surface area (Å²) in [6.07, 6.45) is 14.2. The van der Waals surface area contributed by atoms with Gasteiger partial charge >= 0.3 is 0 Å². The van der Waals surface area contributed by atoms with Crippen LogP contribution < -0.4 is 4.74 Å². The Morgan fingerprint density at radius 2 is 1.74 bits per heavy atom. The second-order valence-electron chi connectivity index (χ2n) is 7.79. The lowest BCUT2D eigenvalue weighted by Crippen LogP contribution is -2.18. The molecule has 2 aliphatic rings. The second-order valence-corrected chi connectivity index (χ2v) is 7.79. The molecule has 0 atom stereocenters. The summed E-state index contributed by atoms with van der Waals surface area (Å²) in [5, 5.41) is 0. The van der Waals surface area contributed by atoms with Crippen molar-refractivity contribution in [1.29, 1.82) is 0 Å². The van der Waals surface area contributed by atoms with Crippen LogP contribution in [0.15, 0.2) is 42.5 Å². The number of carbonyl (C=O) groups excluding carboxylic acids is 2. The lowest BCUT2D eigenvalue weighted by atomic mass is 9.87. The third-order valence-electron chi connectivity index (χ3n) is 5.58. The van der Waals surface area contributed by atoms with Gasteiger partial charge in [0.1, 0.15) is 12.4 Å². The molecule has 1 fully saturated rings. The van der Waals surface area contributed by atoms with Crippen LogP contribution in [0.2, 0.25) is 0 Å². The molecule has 2 aromatic carbocycles. The van der Waals surface area contributed by atoms with Crippen LogP contribution in [-0.4, -0.2) is 23.6 Å². The average Bonchev–Trinajstić information content (AvgIpc) is 3.10. The Morgan fingerprint density at radius 1 is 1.10 bits per heavy atom. The number of terminal acetylenes is 1. The Bertz CT molecular complexity index is 902. The van der Waals surface area contributed by atoms with E-state index < -0.39 is 5.82 Å². The van der Waals surface area contributed by atoms with Gasteiger partial charge in [-0.1, -0.05) is 55.7 Å². The molecule has 1 aliphatic carbocycles. The first-order valence-electron chi connectivity index (χ1n) is 10.5. The number of Topliss-reactive ketones (excluding diaryl/α,β-unsaturated/α-hetero) is 1. The lowest BCUT2D eigenvalue weighted by molar-refractivity contribution is -0.121. The number of benzene rings is 2. The summed E-state index contributed by atoms with van der Waals surface area (Å²) in [4.78, 5) is 24.2. The van der Waals surface area contributed by atoms with Crippen LogP contribution in [-0.2, 0) is 17.9 Å². The highest BCUT2D eigenvalue weighted by atomic mass is 19.1. The lowest BCUT2D eigenvalue weighted by Gasteiger charge is -2.17. The molecular weight excluding hydrogens is 393 g/mol. The van der Waals surface area contributed by atoms with E-state index in [0.29, 0.717) is 23.8 Å². The van der Waals surface area contributed by atoms with Gasteiger partial charge in [0.2, 0.25) is 0 Å². The molecule has 2 aromatic rings. The molecule has 0 spiro atoms. The maximum absolute atomic E-state index is 14.3. The van der Waals surface area contributed by atoms with E-state index in [9.17, 15) is 14.0 Å². The third-order valence-corrected chi connectivity index (χ3v) is 5.58. The summed E-state index contributed by atoms with van der Waals surface area (Å²) in [7, 11) is 1.66. The van der Waals surface area contributed by atoms with Crippen LogP contribution in [0.1, 0.15) is 60.5 Å². The Labute approximate surface area is 184 Å². The molecule has 1 amide bonds. The number of rotatable bonds is 4. The average molecular weight is 424 g/mol. The first-order valence-corrected chi connectivity index (χ1v) is 10.5. The largest absolute Gasteiger partial charge is 0.486 e. The Balaban J connectivity index is 0.000000261. The standard InChI is InChI=1S/C16H14FNO2.C8H14O.C2H2/c1-18-9-12-7-8-13(15(17)14(12)16(18)19)20-10-11-5-3-2-4-6-11;1-7(9)8-5-3-2-4-6-8;1-2/h2-8H,9-10H2,1H3;8H,2-6H2,1H3;1-2H. The predicted molar refractivity (Wildman–Crippen MR) is 120 cm³/mol. The van der Waals surface area contributed by atoms with Crippen LogP contribution in [0.5, 0.6) is 5.75 Å². The van der Waals surface area contributed by atoms with Crippen molar-refractivity contribution in [1.82, 2.24) is 4.90 Å². The molecule has 4 nitrogen and oxygen atoms in total. The van der Waals surface area contributed by atoms with E-state index in [1.807, 2.05) is 30.3 Å². The van der Waals surface area contributed by atoms with E-state index >= 15 is 0 Å². The van der Waals surface area contributed by atoms with Gasteiger partial charge in [-0.2, -0.15) is 0 Å². The van der Waals surface area contributed by atoms with Gasteiger partial charge in [-0.15, -0.1) is 12.8 Å². The Kier molecular flexibility index (Phi) is 9.27. The predicted octanol–water partition coefficient (Wildman–Crippen LogP) is 5.40. The van der Waals surface area contributed by atoms with Gasteiger partial charge in [0.15, 0.2) is 11.6 Å². The third kappa shape index (κ3) is 6.42. The van der Waals surface area contributed by atoms with Crippen LogP contribution >= 0.6 is 0 Å². The molecule has 0 saturated heterocycles. The molecule has 0 unspecified atom stereocenters. The number of ketones is 1. The molecule has 4 rings (SSSR count). The summed E-state index contributed by atoms with van der Waals surface area (Å²) in [6, 6.07) is 12.9. The fourth-order valence-corrected chi connectivity index (χ4v) is 3.83. The number of ether oxygens (including phenoxy) is 1. The van der Waals surface area contributed by atoms with Gasteiger partial charge < -0.3 is 9.64 Å². The number of nitrogens with zero attached hydrogens (tertiary/aromatic N) is 1. The number of amides is 1. The zero-order valence-corrected chi connectivity index (χ0v) is 18.3. The van der Waals surface area contributed by atoms with E-state index in [0.717, 1.165) is 18.4 Å². The minimum atomic E-state index is -0.562. The van der Waals surface area contributed by atoms with Crippen molar-refractivity contribution < 1.29 is 18.7 Å². The monoisotopic (exact) mass is 423 g/mol. The van der Waals surface area contributed by atoms with E-state index in [-0.39, 0.29) is 23.8 Å². The highest BCUT2D eigenvalue weighted by molar-refractivity contribution is 5.98. The molecular formula is C26H30FNO3. The highest BCUT2D eigenvalue weighted by Crippen LogP contribution is 2.30. The maximum atomic E-state index is 14.3. The molecule has 1 heterocycles. The number of halogens is 1. The fourth-order valence-electron chi connectivity index (χ4n) is 3.83. The zero-order valence-electron chi connectivity index (χ0n) is 18.3. The van der Waals surface area contributed by atoms with Crippen molar-refractivity contribution >= 4 is 11.7 Å². The van der Waals surface area contributed by atoms with Crippen LogP contribution in [0, 0.1) is 24.6 Å². The van der Waals surface area contributed by atoms with Crippen molar-refractivity contribution in [3.63, 3.8) is 0 Å². The number of carbonyl (C=O) groups is 2. The van der Waals surface area contributed by atoms with Crippen molar-refractivity contribution in [3.05, 3.63) is 65.0 Å². The van der Waals surface area contributed by atoms with Crippen molar-refractivity contribution in [2.45, 2.75) is 52.2 Å². The van der Waals surface area contributed by atoms with E-state index in [4.69, 9.17) is 4.74 Å². The molecule has 5 heteroatoms. The number of hydrogen-bond acceptors (Lipinski definition) is 3. The smallest absolute Gasteiger partial charge is 0.257 e. The molecule has 164 valence electrons. The van der Waals surface area contributed by atoms with Crippen molar-refractivity contribution in [2.24, 2.45) is 5.92 Å². The quantitative estimate of drug-likeness (QED) is 0.619. The molecule has 1 saturated carbocycles. The van der Waals surface area contributed by atoms with Gasteiger partial charge in [0.05, 0.1) is 5.56 Å². The maximum Gasteiger partial charge on any atom is 0.257 e. The summed E-state index contributed by atoms with van der Waals surface area (Å²) < 4.78 is 19.8. The molecule has 0 aromatic heterocycles. The van der Waals surface area contributed by atoms with Gasteiger partial charge in [0.25, 0.3) is 5.91 Å². The van der Waals surface area contributed by atoms with E-state index in [2.05, 4.69) is 12.8 Å². The number of hydrogen-bond donors (Lipinski definition) is 0. The van der Waals surface area contributed by atoms with Crippen LogP contribution in [0.4, 0.5) is 4.39 Å². The van der Waals surface area contributed by atoms with Crippen molar-refractivity contribution in [2.75, 3.05) is 7.05 Å². The van der Waals surface area contributed by atoms with Crippen LogP contribution in [0.25, 0.3) is 0 Å². The summed E-state index contributed by atoms with van der Waals surface area (Å²) in [5.74, 6) is 0.0835. The summed E-state index contributed by atoms with van der Waals surface area (Å²) in [5.41, 5.74) is 1.80. The van der Waals surface area contributed by atoms with Gasteiger partial charge in [-0.3, -0.25) is 9.59 Å². The minimum Gasteiger partial charge on any atom is -0.486 e. The molecule has 31 heavy (non-hydrogen) atoms. The molecule has 1 aliphatic heterocycles. The summed E-state index contributed by atoms with van der Waals surface area (Å²) in [6.45, 7) is 2.45. The number of fused-ring (bicyclic) bond motifs is 1. The second kappa shape index (κ2) is 11.9. The summed E-state index contributed by atoms with van der Waals surface area (Å²) >= 11 is 0. The van der Waals surface area contributed by atoms with Gasteiger partial charge in [-0.05, 0) is 37.0 Å².